The minimum Gasteiger partial charge on any atom is -0.491 e. The predicted molar refractivity (Wildman–Crippen MR) is 84.7 cm³/mol. The van der Waals surface area contributed by atoms with Crippen molar-refractivity contribution >= 4 is 10.0 Å². The molecule has 0 aromatic heterocycles. The summed E-state index contributed by atoms with van der Waals surface area (Å²) in [4.78, 5) is 0. The van der Waals surface area contributed by atoms with Crippen molar-refractivity contribution in [3.63, 3.8) is 0 Å². The van der Waals surface area contributed by atoms with Gasteiger partial charge in [-0.1, -0.05) is 12.1 Å². The van der Waals surface area contributed by atoms with E-state index in [1.54, 1.807) is 0 Å². The summed E-state index contributed by atoms with van der Waals surface area (Å²) >= 11 is 0. The molecule has 1 aliphatic heterocycles. The van der Waals surface area contributed by atoms with Crippen LogP contribution in [0.1, 0.15) is 37.2 Å². The van der Waals surface area contributed by atoms with Gasteiger partial charge in [-0.3, -0.25) is 0 Å². The Morgan fingerprint density at radius 3 is 2.59 bits per heavy atom. The maximum Gasteiger partial charge on any atom is 0.209 e. The zero-order chi connectivity index (χ0) is 15.6. The van der Waals surface area contributed by atoms with Crippen molar-refractivity contribution in [1.82, 2.24) is 4.72 Å². The van der Waals surface area contributed by atoms with Crippen molar-refractivity contribution < 1.29 is 17.9 Å². The summed E-state index contributed by atoms with van der Waals surface area (Å²) in [5.41, 5.74) is 1.37. The SMILES string of the molecule is CS(=O)(=O)N[C@H]1CCCO[C@H]1COc1ccc(C2CC2)cc1. The topological polar surface area (TPSA) is 64.6 Å². The van der Waals surface area contributed by atoms with Crippen molar-refractivity contribution in [2.24, 2.45) is 0 Å². The molecular formula is C16H23NO4S. The van der Waals surface area contributed by atoms with Crippen molar-refractivity contribution in [1.29, 1.82) is 0 Å². The average Bonchev–Trinajstić information content (AvgIpc) is 3.30. The van der Waals surface area contributed by atoms with Crippen LogP contribution in [0.2, 0.25) is 0 Å². The Balaban J connectivity index is 1.55. The highest BCUT2D eigenvalue weighted by atomic mass is 32.2. The monoisotopic (exact) mass is 325 g/mol. The minimum atomic E-state index is -3.23. The van der Waals surface area contributed by atoms with Crippen LogP contribution in [0.4, 0.5) is 0 Å². The number of rotatable bonds is 6. The van der Waals surface area contributed by atoms with Gasteiger partial charge >= 0.3 is 0 Å². The van der Waals surface area contributed by atoms with E-state index in [1.807, 2.05) is 12.1 Å². The van der Waals surface area contributed by atoms with Gasteiger partial charge in [0.05, 0.1) is 12.3 Å². The lowest BCUT2D eigenvalue weighted by atomic mass is 10.0. The number of benzene rings is 1. The van der Waals surface area contributed by atoms with Gasteiger partial charge < -0.3 is 9.47 Å². The van der Waals surface area contributed by atoms with Crippen LogP contribution in [0.5, 0.6) is 5.75 Å². The maximum atomic E-state index is 11.4. The Morgan fingerprint density at radius 1 is 1.23 bits per heavy atom. The Bertz CT molecular complexity index is 595. The number of hydrogen-bond acceptors (Lipinski definition) is 4. The van der Waals surface area contributed by atoms with Gasteiger partial charge in [-0.15, -0.1) is 0 Å². The molecule has 1 aliphatic carbocycles. The first-order valence-electron chi connectivity index (χ1n) is 7.83. The van der Waals surface area contributed by atoms with Crippen LogP contribution in [0, 0.1) is 0 Å². The molecule has 0 spiro atoms. The summed E-state index contributed by atoms with van der Waals surface area (Å²) in [7, 11) is -3.23. The maximum absolute atomic E-state index is 11.4. The van der Waals surface area contributed by atoms with Gasteiger partial charge in [-0.05, 0) is 49.3 Å². The van der Waals surface area contributed by atoms with E-state index in [1.165, 1.54) is 24.7 Å². The number of sulfonamides is 1. The average molecular weight is 325 g/mol. The van der Waals surface area contributed by atoms with E-state index in [2.05, 4.69) is 16.9 Å². The van der Waals surface area contributed by atoms with Gasteiger partial charge in [-0.25, -0.2) is 13.1 Å². The van der Waals surface area contributed by atoms with Crippen LogP contribution in [0.15, 0.2) is 24.3 Å². The molecule has 1 N–H and O–H groups in total. The Hall–Kier alpha value is -1.11. The molecule has 0 unspecified atom stereocenters. The van der Waals surface area contributed by atoms with Crippen molar-refractivity contribution in [3.8, 4) is 5.75 Å². The number of hydrogen-bond donors (Lipinski definition) is 1. The Labute approximate surface area is 132 Å². The second-order valence-electron chi connectivity index (χ2n) is 6.20. The second kappa shape index (κ2) is 6.56. The molecule has 0 bridgehead atoms. The van der Waals surface area contributed by atoms with Gasteiger partial charge in [0, 0.05) is 6.61 Å². The van der Waals surface area contributed by atoms with E-state index in [-0.39, 0.29) is 12.1 Å². The minimum absolute atomic E-state index is 0.213. The molecule has 1 aromatic rings. The number of nitrogens with one attached hydrogen (secondary N) is 1. The Kier molecular flexibility index (Phi) is 4.70. The summed E-state index contributed by atoms with van der Waals surface area (Å²) in [5.74, 6) is 1.54. The van der Waals surface area contributed by atoms with Crippen molar-refractivity contribution in [2.75, 3.05) is 19.5 Å². The summed E-state index contributed by atoms with van der Waals surface area (Å²) in [6, 6.07) is 7.97. The van der Waals surface area contributed by atoms with E-state index in [0.29, 0.717) is 13.2 Å². The van der Waals surface area contributed by atoms with E-state index in [9.17, 15) is 8.42 Å². The summed E-state index contributed by atoms with van der Waals surface area (Å²) in [6.07, 6.45) is 5.15. The van der Waals surface area contributed by atoms with E-state index in [0.717, 1.165) is 24.5 Å². The third kappa shape index (κ3) is 4.44. The van der Waals surface area contributed by atoms with Gasteiger partial charge in [0.1, 0.15) is 18.5 Å². The van der Waals surface area contributed by atoms with Gasteiger partial charge in [0.25, 0.3) is 0 Å². The molecule has 1 saturated carbocycles. The summed E-state index contributed by atoms with van der Waals surface area (Å²) in [6.45, 7) is 1.01. The molecule has 0 amide bonds. The molecule has 122 valence electrons. The van der Waals surface area contributed by atoms with Crippen LogP contribution < -0.4 is 9.46 Å². The predicted octanol–water partition coefficient (Wildman–Crippen LogP) is 2.04. The van der Waals surface area contributed by atoms with Crippen LogP contribution in [-0.2, 0) is 14.8 Å². The molecular weight excluding hydrogens is 302 g/mol. The highest BCUT2D eigenvalue weighted by Gasteiger charge is 2.29. The first kappa shape index (κ1) is 15.8. The standard InChI is InChI=1S/C16H23NO4S/c1-22(18,19)17-15-3-2-10-20-16(15)11-21-14-8-6-13(7-9-14)12-4-5-12/h6-9,12,15-17H,2-5,10-11H2,1H3/t15-,16-/m0/s1. The van der Waals surface area contributed by atoms with Crippen LogP contribution in [0.3, 0.4) is 0 Å². The van der Waals surface area contributed by atoms with E-state index >= 15 is 0 Å². The molecule has 5 nitrogen and oxygen atoms in total. The third-order valence-corrected chi connectivity index (χ3v) is 4.88. The van der Waals surface area contributed by atoms with Gasteiger partial charge in [0.2, 0.25) is 10.0 Å². The molecule has 3 rings (SSSR count). The lowest BCUT2D eigenvalue weighted by Gasteiger charge is -2.31. The Morgan fingerprint density at radius 2 is 1.95 bits per heavy atom. The molecule has 6 heteroatoms. The van der Waals surface area contributed by atoms with Crippen molar-refractivity contribution in [3.05, 3.63) is 29.8 Å². The highest BCUT2D eigenvalue weighted by molar-refractivity contribution is 7.88. The fourth-order valence-corrected chi connectivity index (χ4v) is 3.66. The van der Waals surface area contributed by atoms with Crippen LogP contribution in [0.25, 0.3) is 0 Å². The lowest BCUT2D eigenvalue weighted by molar-refractivity contribution is -0.0278. The molecule has 2 atom stereocenters. The first-order chi connectivity index (χ1) is 10.5. The molecule has 1 heterocycles. The van der Waals surface area contributed by atoms with E-state index < -0.39 is 10.0 Å². The van der Waals surface area contributed by atoms with Gasteiger partial charge in [-0.2, -0.15) is 0 Å². The highest BCUT2D eigenvalue weighted by Crippen LogP contribution is 2.40. The molecule has 0 radical (unpaired) electrons. The number of ether oxygens (including phenoxy) is 2. The molecule has 1 saturated heterocycles. The zero-order valence-corrected chi connectivity index (χ0v) is 13.6. The summed E-state index contributed by atoms with van der Waals surface area (Å²) < 4.78 is 36.9. The quantitative estimate of drug-likeness (QED) is 0.869. The van der Waals surface area contributed by atoms with Crippen LogP contribution in [-0.4, -0.2) is 40.0 Å². The molecule has 2 fully saturated rings. The van der Waals surface area contributed by atoms with Crippen LogP contribution >= 0.6 is 0 Å². The lowest BCUT2D eigenvalue weighted by Crippen LogP contribution is -2.49. The fraction of sp³-hybridized carbons (Fsp3) is 0.625. The first-order valence-corrected chi connectivity index (χ1v) is 9.72. The van der Waals surface area contributed by atoms with E-state index in [4.69, 9.17) is 9.47 Å². The smallest absolute Gasteiger partial charge is 0.209 e. The van der Waals surface area contributed by atoms with Gasteiger partial charge in [0.15, 0.2) is 0 Å². The molecule has 22 heavy (non-hydrogen) atoms. The fourth-order valence-electron chi connectivity index (χ4n) is 2.85. The zero-order valence-electron chi connectivity index (χ0n) is 12.8. The molecule has 1 aromatic carbocycles. The summed E-state index contributed by atoms with van der Waals surface area (Å²) in [5, 5.41) is 0. The molecule has 2 aliphatic rings. The largest absolute Gasteiger partial charge is 0.491 e. The van der Waals surface area contributed by atoms with Crippen molar-refractivity contribution in [2.45, 2.75) is 43.7 Å². The normalized spacial score (nSPS) is 25.9. The third-order valence-electron chi connectivity index (χ3n) is 4.15. The second-order valence-corrected chi connectivity index (χ2v) is 7.98.